The molecule has 11 rings (SSSR count). The minimum Gasteiger partial charge on any atom is -0.309 e. The number of fused-ring (bicyclic) bond motifs is 9. The Kier molecular flexibility index (Phi) is 6.59. The molecule has 1 aliphatic carbocycles. The van der Waals surface area contributed by atoms with Crippen LogP contribution in [0, 0.1) is 0 Å². The van der Waals surface area contributed by atoms with Crippen LogP contribution in [0.25, 0.3) is 83.9 Å². The number of sulfone groups is 1. The Balaban J connectivity index is 1.10. The third-order valence-electron chi connectivity index (χ3n) is 11.4. The van der Waals surface area contributed by atoms with Gasteiger partial charge in [0, 0.05) is 49.7 Å². The molecule has 2 aromatic heterocycles. The van der Waals surface area contributed by atoms with Crippen molar-refractivity contribution in [2.45, 2.75) is 29.1 Å². The molecule has 0 saturated carbocycles. The Bertz CT molecular complexity index is 3200. The summed E-state index contributed by atoms with van der Waals surface area (Å²) in [6.45, 7) is 4.63. The summed E-state index contributed by atoms with van der Waals surface area (Å²) in [5, 5.41) is 2.39. The number of para-hydroxylation sites is 1. The highest BCUT2D eigenvalue weighted by molar-refractivity contribution is 7.92. The summed E-state index contributed by atoms with van der Waals surface area (Å²) >= 11 is 0. The maximum atomic E-state index is 13.7. The highest BCUT2D eigenvalue weighted by Crippen LogP contribution is 2.51. The number of hydrogen-bond acceptors (Lipinski definition) is 5. The topological polar surface area (TPSA) is 77.7 Å². The van der Waals surface area contributed by atoms with Gasteiger partial charge in [-0.1, -0.05) is 129 Å². The van der Waals surface area contributed by atoms with E-state index in [0.29, 0.717) is 39.1 Å². The minimum atomic E-state index is -3.69. The first-order valence-electron chi connectivity index (χ1n) is 18.4. The van der Waals surface area contributed by atoms with Gasteiger partial charge in [-0.2, -0.15) is 0 Å². The van der Waals surface area contributed by atoms with Crippen molar-refractivity contribution in [2.24, 2.45) is 0 Å². The van der Waals surface area contributed by atoms with Gasteiger partial charge >= 0.3 is 0 Å². The van der Waals surface area contributed by atoms with Gasteiger partial charge in [-0.05, 0) is 64.7 Å². The van der Waals surface area contributed by atoms with Crippen LogP contribution in [0.4, 0.5) is 0 Å². The van der Waals surface area contributed by atoms with Crippen molar-refractivity contribution in [1.29, 1.82) is 0 Å². The van der Waals surface area contributed by atoms with E-state index in [4.69, 9.17) is 15.0 Å². The molecule has 7 heteroatoms. The quantitative estimate of drug-likeness (QED) is 0.180. The Morgan fingerprint density at radius 3 is 1.91 bits per heavy atom. The van der Waals surface area contributed by atoms with Gasteiger partial charge in [0.05, 0.1) is 20.8 Å². The summed E-state index contributed by atoms with van der Waals surface area (Å²) in [6.07, 6.45) is 0. The molecule has 0 radical (unpaired) electrons. The van der Waals surface area contributed by atoms with Crippen molar-refractivity contribution in [3.05, 3.63) is 169 Å². The molecule has 0 atom stereocenters. The van der Waals surface area contributed by atoms with Crippen molar-refractivity contribution in [1.82, 2.24) is 19.5 Å². The summed E-state index contributed by atoms with van der Waals surface area (Å²) in [4.78, 5) is 15.6. The molecule has 9 aromatic rings. The first-order chi connectivity index (χ1) is 26.8. The van der Waals surface area contributed by atoms with Crippen LogP contribution in [-0.2, 0) is 15.3 Å². The lowest BCUT2D eigenvalue weighted by molar-refractivity contribution is 0.598. The minimum absolute atomic E-state index is 0.141. The van der Waals surface area contributed by atoms with E-state index < -0.39 is 9.84 Å². The van der Waals surface area contributed by atoms with Crippen LogP contribution in [0.15, 0.2) is 168 Å². The van der Waals surface area contributed by atoms with E-state index in [1.165, 1.54) is 33.0 Å². The maximum Gasteiger partial charge on any atom is 0.207 e. The molecule has 0 spiro atoms. The van der Waals surface area contributed by atoms with E-state index in [1.54, 1.807) is 18.2 Å². The molecule has 6 nitrogen and oxygen atoms in total. The maximum absolute atomic E-state index is 13.7. The second-order valence-corrected chi connectivity index (χ2v) is 16.8. The average Bonchev–Trinajstić information content (AvgIpc) is 3.76. The molecule has 0 N–H and O–H groups in total. The van der Waals surface area contributed by atoms with E-state index in [0.717, 1.165) is 27.8 Å². The number of benzene rings is 7. The number of nitrogens with zero attached hydrogens (tertiary/aromatic N) is 4. The van der Waals surface area contributed by atoms with Crippen LogP contribution in [0.5, 0.6) is 0 Å². The zero-order chi connectivity index (χ0) is 37.1. The molecule has 3 heterocycles. The van der Waals surface area contributed by atoms with E-state index in [-0.39, 0.29) is 10.3 Å². The second-order valence-electron chi connectivity index (χ2n) is 14.9. The lowest BCUT2D eigenvalue weighted by Crippen LogP contribution is -2.14. The van der Waals surface area contributed by atoms with Crippen LogP contribution in [0.3, 0.4) is 0 Å². The van der Waals surface area contributed by atoms with Crippen LogP contribution in [-0.4, -0.2) is 27.9 Å². The van der Waals surface area contributed by atoms with Gasteiger partial charge in [0.15, 0.2) is 17.5 Å². The normalized spacial score (nSPS) is 14.4. The summed E-state index contributed by atoms with van der Waals surface area (Å²) < 4.78 is 29.7. The van der Waals surface area contributed by atoms with Crippen molar-refractivity contribution in [3.8, 4) is 62.1 Å². The predicted octanol–water partition coefficient (Wildman–Crippen LogP) is 11.1. The van der Waals surface area contributed by atoms with E-state index in [1.807, 2.05) is 66.7 Å². The highest BCUT2D eigenvalue weighted by Gasteiger charge is 2.36. The van der Waals surface area contributed by atoms with Crippen molar-refractivity contribution < 1.29 is 8.42 Å². The molecule has 7 aromatic carbocycles. The molecule has 0 fully saturated rings. The van der Waals surface area contributed by atoms with Gasteiger partial charge in [0.2, 0.25) is 9.84 Å². The van der Waals surface area contributed by atoms with Gasteiger partial charge in [-0.25, -0.2) is 23.4 Å². The smallest absolute Gasteiger partial charge is 0.207 e. The van der Waals surface area contributed by atoms with Gasteiger partial charge in [-0.3, -0.25) is 0 Å². The lowest BCUT2D eigenvalue weighted by Gasteiger charge is -2.21. The largest absolute Gasteiger partial charge is 0.309 e. The van der Waals surface area contributed by atoms with Crippen LogP contribution in [0.2, 0.25) is 0 Å². The first-order valence-corrected chi connectivity index (χ1v) is 19.8. The lowest BCUT2D eigenvalue weighted by atomic mass is 9.82. The molecule has 262 valence electrons. The summed E-state index contributed by atoms with van der Waals surface area (Å²) in [6, 6.07) is 52.8. The Morgan fingerprint density at radius 1 is 0.455 bits per heavy atom. The van der Waals surface area contributed by atoms with E-state index in [9.17, 15) is 8.42 Å². The number of hydrogen-bond donors (Lipinski definition) is 0. The fourth-order valence-corrected chi connectivity index (χ4v) is 10.4. The molecule has 1 aliphatic heterocycles. The zero-order valence-electron chi connectivity index (χ0n) is 30.0. The van der Waals surface area contributed by atoms with Gasteiger partial charge < -0.3 is 4.57 Å². The summed E-state index contributed by atoms with van der Waals surface area (Å²) in [5.74, 6) is 1.40. The molecule has 0 bridgehead atoms. The number of aromatic nitrogens is 4. The molecular weight excluding hydrogens is 697 g/mol. The summed E-state index contributed by atoms with van der Waals surface area (Å²) in [7, 11) is -3.69. The summed E-state index contributed by atoms with van der Waals surface area (Å²) in [5.41, 5.74) is 12.0. The number of rotatable bonds is 4. The average molecular weight is 729 g/mol. The Labute approximate surface area is 318 Å². The molecule has 55 heavy (non-hydrogen) atoms. The zero-order valence-corrected chi connectivity index (χ0v) is 30.8. The molecule has 0 saturated heterocycles. The van der Waals surface area contributed by atoms with E-state index in [2.05, 4.69) is 91.2 Å². The van der Waals surface area contributed by atoms with Crippen LogP contribution in [0.1, 0.15) is 25.0 Å². The van der Waals surface area contributed by atoms with Crippen molar-refractivity contribution in [3.63, 3.8) is 0 Å². The highest BCUT2D eigenvalue weighted by atomic mass is 32.2. The predicted molar refractivity (Wildman–Crippen MR) is 219 cm³/mol. The standard InChI is InChI=1S/C48H32N4O2S/c1-48(2)39-20-9-6-17-33(39)37-27-38-34-18-7-10-21-41(34)52(42(38)28-40(37)48)32-16-12-15-30(25-32)46-49-45(29-13-4-3-5-14-29)50-47(51-46)31-23-24-36-35-19-8-11-22-43(35)55(53,54)44(36)26-31/h3-28H,1-2H3. The van der Waals surface area contributed by atoms with E-state index >= 15 is 0 Å². The molecule has 0 unspecified atom stereocenters. The SMILES string of the molecule is CC1(C)c2ccccc2-c2cc3c4ccccc4n(-c4cccc(-c5nc(-c6ccccc6)nc(-c6ccc7c(c6)S(=O)(=O)c6ccccc6-7)n5)c4)c3cc21. The fourth-order valence-electron chi connectivity index (χ4n) is 8.72. The van der Waals surface area contributed by atoms with Crippen molar-refractivity contribution in [2.75, 3.05) is 0 Å². The molecule has 0 amide bonds. The monoisotopic (exact) mass is 728 g/mol. The second kappa shape index (κ2) is 11.4. The Hall–Kier alpha value is -6.70. The van der Waals surface area contributed by atoms with Crippen molar-refractivity contribution >= 4 is 31.6 Å². The first kappa shape index (κ1) is 31.8. The molecular formula is C48H32N4O2S. The molecule has 2 aliphatic rings. The third-order valence-corrected chi connectivity index (χ3v) is 13.3. The Morgan fingerprint density at radius 2 is 1.09 bits per heavy atom. The van der Waals surface area contributed by atoms with Crippen LogP contribution >= 0.6 is 0 Å². The fraction of sp³-hybridized carbons (Fsp3) is 0.0625. The van der Waals surface area contributed by atoms with Gasteiger partial charge in [0.25, 0.3) is 0 Å². The van der Waals surface area contributed by atoms with Gasteiger partial charge in [-0.15, -0.1) is 0 Å². The van der Waals surface area contributed by atoms with Gasteiger partial charge in [0.1, 0.15) is 0 Å². The van der Waals surface area contributed by atoms with Crippen LogP contribution < -0.4 is 0 Å². The third kappa shape index (κ3) is 4.60.